The fourth-order valence-electron chi connectivity index (χ4n) is 2.66. The number of aliphatic carboxylic acids is 1. The van der Waals surface area contributed by atoms with E-state index in [1.807, 2.05) is 0 Å². The van der Waals surface area contributed by atoms with Crippen LogP contribution in [0.2, 0.25) is 5.02 Å². The number of halogens is 1. The second-order valence-electron chi connectivity index (χ2n) is 4.75. The van der Waals surface area contributed by atoms with Gasteiger partial charge in [0.2, 0.25) is 5.78 Å². The highest BCUT2D eigenvalue weighted by atomic mass is 35.5. The van der Waals surface area contributed by atoms with E-state index in [1.54, 1.807) is 16.7 Å². The van der Waals surface area contributed by atoms with Crippen molar-refractivity contribution < 1.29 is 19.1 Å². The van der Waals surface area contributed by atoms with Crippen LogP contribution in [-0.4, -0.2) is 21.4 Å². The van der Waals surface area contributed by atoms with E-state index in [2.05, 4.69) is 0 Å². The molecule has 6 heteroatoms. The highest BCUT2D eigenvalue weighted by Crippen LogP contribution is 2.31. The summed E-state index contributed by atoms with van der Waals surface area (Å²) in [5, 5.41) is 9.48. The van der Waals surface area contributed by atoms with Crippen LogP contribution in [0.15, 0.2) is 28.9 Å². The Hall–Kier alpha value is -2.01. The molecule has 5 nitrogen and oxygen atoms in total. The molecule has 0 radical (unpaired) electrons. The van der Waals surface area contributed by atoms with Gasteiger partial charge in [-0.1, -0.05) is 11.6 Å². The number of aromatic nitrogens is 1. The second kappa shape index (κ2) is 4.83. The van der Waals surface area contributed by atoms with Crippen LogP contribution < -0.4 is 0 Å². The van der Waals surface area contributed by atoms with Gasteiger partial charge in [0.1, 0.15) is 0 Å². The largest absolute Gasteiger partial charge is 0.481 e. The molecule has 0 amide bonds. The Morgan fingerprint density at radius 1 is 1.35 bits per heavy atom. The van der Waals surface area contributed by atoms with Crippen LogP contribution in [0.25, 0.3) is 0 Å². The molecule has 104 valence electrons. The number of carboxylic acid groups (broad SMARTS) is 1. The molecule has 1 aliphatic rings. The van der Waals surface area contributed by atoms with Crippen molar-refractivity contribution >= 4 is 23.4 Å². The molecular weight excluding hydrogens is 282 g/mol. The van der Waals surface area contributed by atoms with Gasteiger partial charge in [-0.25, -0.2) is 0 Å². The third-order valence-corrected chi connectivity index (χ3v) is 3.90. The van der Waals surface area contributed by atoms with Crippen LogP contribution in [0, 0.1) is 0 Å². The quantitative estimate of drug-likeness (QED) is 0.883. The lowest BCUT2D eigenvalue weighted by Crippen LogP contribution is -2.23. The molecule has 0 aromatic carbocycles. The maximum absolute atomic E-state index is 12.4. The Morgan fingerprint density at radius 2 is 2.15 bits per heavy atom. The fourth-order valence-corrected chi connectivity index (χ4v) is 2.84. The minimum Gasteiger partial charge on any atom is -0.481 e. The molecule has 1 atom stereocenters. The molecule has 0 fully saturated rings. The van der Waals surface area contributed by atoms with Crippen LogP contribution in [-0.2, 0) is 11.3 Å². The number of carboxylic acids is 1. The van der Waals surface area contributed by atoms with E-state index in [9.17, 15) is 14.7 Å². The van der Waals surface area contributed by atoms with Gasteiger partial charge in [0, 0.05) is 12.2 Å². The van der Waals surface area contributed by atoms with Crippen molar-refractivity contribution in [1.82, 2.24) is 4.57 Å². The Morgan fingerprint density at radius 3 is 2.80 bits per heavy atom. The van der Waals surface area contributed by atoms with Crippen LogP contribution >= 0.6 is 11.6 Å². The van der Waals surface area contributed by atoms with Crippen molar-refractivity contribution in [3.63, 3.8) is 0 Å². The molecular formula is C14H12ClNO4. The first-order valence-electron chi connectivity index (χ1n) is 6.29. The lowest BCUT2D eigenvalue weighted by molar-refractivity contribution is -0.139. The van der Waals surface area contributed by atoms with E-state index in [0.29, 0.717) is 24.4 Å². The highest BCUT2D eigenvalue weighted by Gasteiger charge is 2.30. The number of ketones is 1. The number of hydrogen-bond acceptors (Lipinski definition) is 3. The van der Waals surface area contributed by atoms with Gasteiger partial charge in [-0.15, -0.1) is 0 Å². The number of fused-ring (bicyclic) bond motifs is 1. The third-order valence-electron chi connectivity index (χ3n) is 3.60. The number of rotatable bonds is 3. The van der Waals surface area contributed by atoms with Crippen LogP contribution in [0.3, 0.4) is 0 Å². The number of furan rings is 1. The lowest BCUT2D eigenvalue weighted by Gasteiger charge is -2.22. The van der Waals surface area contributed by atoms with Gasteiger partial charge < -0.3 is 14.1 Å². The first kappa shape index (κ1) is 13.0. The molecule has 3 rings (SSSR count). The molecule has 20 heavy (non-hydrogen) atoms. The summed E-state index contributed by atoms with van der Waals surface area (Å²) in [5.74, 6) is -1.65. The Kier molecular flexibility index (Phi) is 3.14. The third kappa shape index (κ3) is 1.94. The molecule has 2 aromatic heterocycles. The summed E-state index contributed by atoms with van der Waals surface area (Å²) in [6, 6.07) is 4.84. The first-order chi connectivity index (χ1) is 9.59. The topological polar surface area (TPSA) is 72.4 Å². The summed E-state index contributed by atoms with van der Waals surface area (Å²) in [7, 11) is 0. The highest BCUT2D eigenvalue weighted by molar-refractivity contribution is 6.34. The smallest absolute Gasteiger partial charge is 0.312 e. The molecule has 0 saturated carbocycles. The first-order valence-corrected chi connectivity index (χ1v) is 6.67. The summed E-state index contributed by atoms with van der Waals surface area (Å²) >= 11 is 5.90. The molecule has 0 bridgehead atoms. The minimum absolute atomic E-state index is 0.0880. The number of nitrogens with zero attached hydrogens (tertiary/aromatic N) is 1. The van der Waals surface area contributed by atoms with E-state index in [4.69, 9.17) is 16.0 Å². The molecule has 3 heterocycles. The molecule has 0 saturated heterocycles. The lowest BCUT2D eigenvalue weighted by atomic mass is 9.96. The van der Waals surface area contributed by atoms with Gasteiger partial charge >= 0.3 is 5.97 Å². The SMILES string of the molecule is O=C(c1occc1Cl)c1ccc2n1CCCC2C(=O)O. The predicted octanol–water partition coefficient (Wildman–Crippen LogP) is 2.93. The zero-order valence-electron chi connectivity index (χ0n) is 10.5. The van der Waals surface area contributed by atoms with Gasteiger partial charge in [0.15, 0.2) is 5.76 Å². The average molecular weight is 294 g/mol. The molecule has 0 aliphatic carbocycles. The van der Waals surface area contributed by atoms with Gasteiger partial charge in [0.25, 0.3) is 0 Å². The normalized spacial score (nSPS) is 17.8. The Bertz CT molecular complexity index is 685. The van der Waals surface area contributed by atoms with Crippen molar-refractivity contribution in [1.29, 1.82) is 0 Å². The van der Waals surface area contributed by atoms with E-state index in [1.165, 1.54) is 12.3 Å². The summed E-state index contributed by atoms with van der Waals surface area (Å²) in [5.41, 5.74) is 1.08. The van der Waals surface area contributed by atoms with E-state index in [0.717, 1.165) is 6.42 Å². The van der Waals surface area contributed by atoms with Crippen molar-refractivity contribution in [3.8, 4) is 0 Å². The van der Waals surface area contributed by atoms with Crippen LogP contribution in [0.5, 0.6) is 0 Å². The van der Waals surface area contributed by atoms with E-state index < -0.39 is 11.9 Å². The van der Waals surface area contributed by atoms with Gasteiger partial charge in [-0.05, 0) is 31.0 Å². The fraction of sp³-hybridized carbons (Fsp3) is 0.286. The van der Waals surface area contributed by atoms with Crippen molar-refractivity contribution in [2.45, 2.75) is 25.3 Å². The monoisotopic (exact) mass is 293 g/mol. The van der Waals surface area contributed by atoms with Crippen molar-refractivity contribution in [3.05, 3.63) is 46.6 Å². The molecule has 1 N–H and O–H groups in total. The summed E-state index contributed by atoms with van der Waals surface area (Å²) in [6.45, 7) is 0.630. The Balaban J connectivity index is 2.03. The maximum Gasteiger partial charge on any atom is 0.312 e. The molecule has 2 aromatic rings. The van der Waals surface area contributed by atoms with Gasteiger partial charge in [0.05, 0.1) is 22.9 Å². The zero-order chi connectivity index (χ0) is 14.3. The summed E-state index contributed by atoms with van der Waals surface area (Å²) in [6.07, 6.45) is 2.68. The van der Waals surface area contributed by atoms with Crippen molar-refractivity contribution in [2.75, 3.05) is 0 Å². The molecule has 0 spiro atoms. The second-order valence-corrected chi connectivity index (χ2v) is 5.16. The van der Waals surface area contributed by atoms with Gasteiger partial charge in [-0.2, -0.15) is 0 Å². The van der Waals surface area contributed by atoms with E-state index in [-0.39, 0.29) is 16.6 Å². The molecule has 1 unspecified atom stereocenters. The van der Waals surface area contributed by atoms with E-state index >= 15 is 0 Å². The summed E-state index contributed by atoms with van der Waals surface area (Å²) in [4.78, 5) is 23.6. The van der Waals surface area contributed by atoms with Crippen LogP contribution in [0.1, 0.15) is 40.7 Å². The average Bonchev–Trinajstić information content (AvgIpc) is 3.03. The number of hydrogen-bond donors (Lipinski definition) is 1. The minimum atomic E-state index is -0.862. The molecule has 1 aliphatic heterocycles. The van der Waals surface area contributed by atoms with Gasteiger partial charge in [-0.3, -0.25) is 9.59 Å². The summed E-state index contributed by atoms with van der Waals surface area (Å²) < 4.78 is 6.86. The Labute approximate surface area is 119 Å². The number of carbonyl (C=O) groups excluding carboxylic acids is 1. The van der Waals surface area contributed by atoms with Crippen molar-refractivity contribution in [2.24, 2.45) is 0 Å². The maximum atomic E-state index is 12.4. The zero-order valence-corrected chi connectivity index (χ0v) is 11.3. The predicted molar refractivity (Wildman–Crippen MR) is 71.2 cm³/mol. The van der Waals surface area contributed by atoms with Crippen LogP contribution in [0.4, 0.5) is 0 Å². The number of carbonyl (C=O) groups is 2. The standard InChI is InChI=1S/C14H12ClNO4/c15-9-5-7-20-13(9)12(17)11-4-3-10-8(14(18)19)2-1-6-16(10)11/h3-5,7-8H,1-2,6H2,(H,18,19).